The summed E-state index contributed by atoms with van der Waals surface area (Å²) in [7, 11) is 3.94. The van der Waals surface area contributed by atoms with Crippen LogP contribution in [0, 0.1) is 0 Å². The van der Waals surface area contributed by atoms with Crippen LogP contribution >= 0.6 is 22.9 Å². The first-order valence-corrected chi connectivity index (χ1v) is 6.89. The average molecular weight is 368 g/mol. The van der Waals surface area contributed by atoms with E-state index in [0.717, 1.165) is 22.0 Å². The minimum Gasteiger partial charge on any atom is -0.377 e. The molecule has 1 N–H and O–H groups in total. The van der Waals surface area contributed by atoms with Crippen LogP contribution in [-0.4, -0.2) is 28.2 Å². The maximum atomic E-state index is 12.2. The molecule has 1 heterocycles. The molecule has 2 aromatic rings. The molecule has 0 aliphatic carbocycles. The number of hydrogen-bond acceptors (Lipinski definition) is 3. The fraction of sp³-hybridized carbons (Fsp3) is 0.214. The summed E-state index contributed by atoms with van der Waals surface area (Å²) in [6, 6.07) is 9.55. The van der Waals surface area contributed by atoms with E-state index in [4.69, 9.17) is 0 Å². The lowest BCUT2D eigenvalue weighted by atomic mass is 9.93. The molecule has 0 bridgehead atoms. The lowest BCUT2D eigenvalue weighted by Gasteiger charge is -2.30. The number of aliphatic hydroxyl groups excluding tert-OH is 1. The standard InChI is InChI=1S/C14H13IN2O2/c1-16(2)11-7-6-10-12-8(11)4-3-5-9(12)13(18)17(15)14(10)19/h3-7,13,18H,1-2H3. The van der Waals surface area contributed by atoms with Crippen molar-refractivity contribution in [3.05, 3.63) is 41.5 Å². The van der Waals surface area contributed by atoms with Crippen LogP contribution in [0.3, 0.4) is 0 Å². The van der Waals surface area contributed by atoms with Crippen LogP contribution in [0.15, 0.2) is 30.3 Å². The van der Waals surface area contributed by atoms with Gasteiger partial charge in [0.05, 0.1) is 22.9 Å². The van der Waals surface area contributed by atoms with E-state index in [1.807, 2.05) is 72.2 Å². The smallest absolute Gasteiger partial charge is 0.265 e. The van der Waals surface area contributed by atoms with Crippen molar-refractivity contribution in [1.82, 2.24) is 3.11 Å². The average Bonchev–Trinajstić information content (AvgIpc) is 2.41. The summed E-state index contributed by atoms with van der Waals surface area (Å²) < 4.78 is 1.34. The van der Waals surface area contributed by atoms with Crippen LogP contribution in [0.4, 0.5) is 5.69 Å². The van der Waals surface area contributed by atoms with Gasteiger partial charge in [-0.05, 0) is 12.1 Å². The first-order chi connectivity index (χ1) is 9.02. The van der Waals surface area contributed by atoms with Crippen molar-refractivity contribution in [2.24, 2.45) is 0 Å². The Kier molecular flexibility index (Phi) is 2.90. The number of nitrogens with zero attached hydrogens (tertiary/aromatic N) is 2. The molecule has 1 amide bonds. The van der Waals surface area contributed by atoms with E-state index in [2.05, 4.69) is 0 Å². The van der Waals surface area contributed by atoms with Gasteiger partial charge in [-0.3, -0.25) is 4.79 Å². The van der Waals surface area contributed by atoms with E-state index in [9.17, 15) is 9.90 Å². The van der Waals surface area contributed by atoms with Gasteiger partial charge < -0.3 is 10.0 Å². The largest absolute Gasteiger partial charge is 0.377 e. The number of amides is 1. The molecule has 0 aromatic heterocycles. The molecular formula is C14H13IN2O2. The maximum absolute atomic E-state index is 12.2. The van der Waals surface area contributed by atoms with Crippen LogP contribution in [0.25, 0.3) is 10.8 Å². The van der Waals surface area contributed by atoms with Gasteiger partial charge in [-0.2, -0.15) is 0 Å². The van der Waals surface area contributed by atoms with E-state index < -0.39 is 6.23 Å². The molecule has 1 aliphatic rings. The normalized spacial score (nSPS) is 18.0. The van der Waals surface area contributed by atoms with Gasteiger partial charge >= 0.3 is 0 Å². The van der Waals surface area contributed by atoms with E-state index in [0.29, 0.717) is 5.56 Å². The van der Waals surface area contributed by atoms with E-state index in [1.165, 1.54) is 3.11 Å². The molecule has 0 spiro atoms. The second kappa shape index (κ2) is 4.35. The summed E-state index contributed by atoms with van der Waals surface area (Å²) in [6.45, 7) is 0. The Morgan fingerprint density at radius 2 is 2.00 bits per heavy atom. The highest BCUT2D eigenvalue weighted by Gasteiger charge is 2.32. The first-order valence-electron chi connectivity index (χ1n) is 5.92. The van der Waals surface area contributed by atoms with E-state index in [1.54, 1.807) is 0 Å². The lowest BCUT2D eigenvalue weighted by molar-refractivity contribution is 0.0528. The quantitative estimate of drug-likeness (QED) is 0.622. The highest BCUT2D eigenvalue weighted by molar-refractivity contribution is 14.1. The zero-order valence-electron chi connectivity index (χ0n) is 10.6. The van der Waals surface area contributed by atoms with Gasteiger partial charge in [-0.15, -0.1) is 0 Å². The third kappa shape index (κ3) is 1.72. The Hall–Kier alpha value is -1.34. The summed E-state index contributed by atoms with van der Waals surface area (Å²) in [6.07, 6.45) is -0.887. The predicted molar refractivity (Wildman–Crippen MR) is 83.4 cm³/mol. The Morgan fingerprint density at radius 3 is 2.68 bits per heavy atom. The minimum atomic E-state index is -0.887. The predicted octanol–water partition coefficient (Wildman–Crippen LogP) is 2.70. The van der Waals surface area contributed by atoms with Crippen molar-refractivity contribution in [2.75, 3.05) is 19.0 Å². The third-order valence-corrected chi connectivity index (χ3v) is 4.41. The second-order valence-electron chi connectivity index (χ2n) is 4.79. The van der Waals surface area contributed by atoms with E-state index >= 15 is 0 Å². The number of anilines is 1. The Labute approximate surface area is 125 Å². The van der Waals surface area contributed by atoms with Gasteiger partial charge in [0.1, 0.15) is 0 Å². The summed E-state index contributed by atoms with van der Waals surface area (Å²) in [5.74, 6) is -0.151. The zero-order valence-corrected chi connectivity index (χ0v) is 12.7. The van der Waals surface area contributed by atoms with Gasteiger partial charge in [-0.1, -0.05) is 18.2 Å². The SMILES string of the molecule is CN(C)c1ccc2c3c(cccc13)C(O)N(I)C2=O. The highest BCUT2D eigenvalue weighted by atomic mass is 127. The number of benzene rings is 2. The van der Waals surface area contributed by atoms with Gasteiger partial charge in [0.15, 0.2) is 6.23 Å². The van der Waals surface area contributed by atoms with Crippen LogP contribution in [0.5, 0.6) is 0 Å². The minimum absolute atomic E-state index is 0.151. The number of carbonyl (C=O) groups excluding carboxylic acids is 1. The van der Waals surface area contributed by atoms with Crippen LogP contribution in [-0.2, 0) is 0 Å². The third-order valence-electron chi connectivity index (χ3n) is 3.45. The monoisotopic (exact) mass is 368 g/mol. The fourth-order valence-electron chi connectivity index (χ4n) is 2.55. The number of halogens is 1. The molecule has 4 nitrogen and oxygen atoms in total. The highest BCUT2D eigenvalue weighted by Crippen LogP contribution is 2.40. The Bertz CT molecular complexity index is 684. The van der Waals surface area contributed by atoms with Gasteiger partial charge in [0.2, 0.25) is 0 Å². The molecule has 98 valence electrons. The summed E-state index contributed by atoms with van der Waals surface area (Å²) in [4.78, 5) is 14.2. The van der Waals surface area contributed by atoms with Crippen LogP contribution in [0.2, 0.25) is 0 Å². The molecule has 2 aromatic carbocycles. The summed E-state index contributed by atoms with van der Waals surface area (Å²) in [5.41, 5.74) is 2.48. The maximum Gasteiger partial charge on any atom is 0.265 e. The molecule has 0 saturated carbocycles. The molecule has 0 saturated heterocycles. The second-order valence-corrected chi connectivity index (χ2v) is 5.83. The van der Waals surface area contributed by atoms with Gasteiger partial charge in [-0.25, -0.2) is 3.11 Å². The van der Waals surface area contributed by atoms with Crippen molar-refractivity contribution in [3.63, 3.8) is 0 Å². The number of aliphatic hydroxyl groups is 1. The van der Waals surface area contributed by atoms with Gasteiger partial charge in [0, 0.05) is 41.7 Å². The topological polar surface area (TPSA) is 43.8 Å². The summed E-state index contributed by atoms with van der Waals surface area (Å²) >= 11 is 1.86. The van der Waals surface area contributed by atoms with Crippen molar-refractivity contribution in [3.8, 4) is 0 Å². The molecule has 0 radical (unpaired) electrons. The first kappa shape index (κ1) is 12.7. The van der Waals surface area contributed by atoms with Crippen molar-refractivity contribution in [1.29, 1.82) is 0 Å². The zero-order chi connectivity index (χ0) is 13.7. The van der Waals surface area contributed by atoms with Crippen molar-refractivity contribution >= 4 is 45.2 Å². The van der Waals surface area contributed by atoms with Crippen molar-refractivity contribution < 1.29 is 9.90 Å². The van der Waals surface area contributed by atoms with Crippen LogP contribution in [0.1, 0.15) is 22.1 Å². The van der Waals surface area contributed by atoms with Crippen molar-refractivity contribution in [2.45, 2.75) is 6.23 Å². The molecule has 0 fully saturated rings. The molecule has 1 unspecified atom stereocenters. The summed E-state index contributed by atoms with van der Waals surface area (Å²) in [5, 5.41) is 12.1. The molecule has 3 rings (SSSR count). The molecule has 19 heavy (non-hydrogen) atoms. The molecular weight excluding hydrogens is 355 g/mol. The number of rotatable bonds is 1. The molecule has 5 heteroatoms. The Balaban J connectivity index is 2.44. The number of carbonyl (C=O) groups is 1. The Morgan fingerprint density at radius 1 is 1.26 bits per heavy atom. The molecule has 1 atom stereocenters. The molecule has 1 aliphatic heterocycles. The van der Waals surface area contributed by atoms with Crippen LogP contribution < -0.4 is 4.90 Å². The van der Waals surface area contributed by atoms with E-state index in [-0.39, 0.29) is 5.91 Å². The van der Waals surface area contributed by atoms with Gasteiger partial charge in [0.25, 0.3) is 5.91 Å². The fourth-order valence-corrected chi connectivity index (χ4v) is 3.11. The lowest BCUT2D eigenvalue weighted by Crippen LogP contribution is -2.30. The number of hydrogen-bond donors (Lipinski definition) is 1.